The summed E-state index contributed by atoms with van der Waals surface area (Å²) in [7, 11) is 1.55. The number of methoxy groups -OCH3 is 1. The molecule has 1 aliphatic rings. The molecule has 3 aromatic rings. The minimum Gasteiger partial charge on any atom is -0.504 e. The van der Waals surface area contributed by atoms with E-state index in [1.807, 2.05) is 60.7 Å². The SMILES string of the molecule is COc1cccc(C2CC(c3ccc(Cl)cc3)=NC(c3ccc(Cl)cc3)N2)c1O. The number of para-hydroxylation sites is 1. The number of phenols is 1. The Morgan fingerprint density at radius 2 is 1.62 bits per heavy atom. The molecule has 1 aliphatic heterocycles. The molecule has 2 N–H and O–H groups in total. The monoisotopic (exact) mass is 426 g/mol. The second kappa shape index (κ2) is 8.46. The first-order chi connectivity index (χ1) is 14.0. The molecule has 0 fully saturated rings. The maximum absolute atomic E-state index is 10.7. The molecule has 0 spiro atoms. The lowest BCUT2D eigenvalue weighted by Gasteiger charge is -2.31. The number of benzene rings is 3. The van der Waals surface area contributed by atoms with E-state index in [1.165, 1.54) is 0 Å². The first-order valence-corrected chi connectivity index (χ1v) is 10.0. The maximum atomic E-state index is 10.7. The quantitative estimate of drug-likeness (QED) is 0.543. The van der Waals surface area contributed by atoms with Gasteiger partial charge in [0.05, 0.1) is 7.11 Å². The van der Waals surface area contributed by atoms with E-state index in [0.717, 1.165) is 22.4 Å². The molecule has 4 rings (SSSR count). The van der Waals surface area contributed by atoms with Gasteiger partial charge in [-0.3, -0.25) is 10.3 Å². The number of hydrogen-bond donors (Lipinski definition) is 2. The summed E-state index contributed by atoms with van der Waals surface area (Å²) in [6, 6.07) is 20.6. The number of ether oxygens (including phenoxy) is 1. The predicted octanol–water partition coefficient (Wildman–Crippen LogP) is 5.93. The molecular formula is C23H20Cl2N2O2. The molecule has 148 valence electrons. The molecule has 0 aliphatic carbocycles. The third kappa shape index (κ3) is 4.25. The highest BCUT2D eigenvalue weighted by Crippen LogP contribution is 2.38. The van der Waals surface area contributed by atoms with Crippen molar-refractivity contribution >= 4 is 28.9 Å². The normalized spacial score (nSPS) is 18.9. The van der Waals surface area contributed by atoms with Crippen molar-refractivity contribution in [3.63, 3.8) is 0 Å². The van der Waals surface area contributed by atoms with Gasteiger partial charge in [-0.25, -0.2) is 0 Å². The highest BCUT2D eigenvalue weighted by molar-refractivity contribution is 6.30. The lowest BCUT2D eigenvalue weighted by atomic mass is 9.93. The summed E-state index contributed by atoms with van der Waals surface area (Å²) in [6.07, 6.45) is 0.342. The Kier molecular flexibility index (Phi) is 5.76. The standard InChI is InChI=1S/C23H20Cl2N2O2/c1-29-21-4-2-3-18(22(21)28)20-13-19(14-5-9-16(24)10-6-14)26-23(27-20)15-7-11-17(25)12-8-15/h2-12,20,23,27-28H,13H2,1H3. The van der Waals surface area contributed by atoms with Crippen LogP contribution in [0.1, 0.15) is 35.3 Å². The molecule has 0 saturated heterocycles. The Balaban J connectivity index is 1.76. The van der Waals surface area contributed by atoms with Crippen LogP contribution in [-0.2, 0) is 0 Å². The average Bonchev–Trinajstić information content (AvgIpc) is 2.74. The van der Waals surface area contributed by atoms with Crippen molar-refractivity contribution in [2.24, 2.45) is 4.99 Å². The van der Waals surface area contributed by atoms with E-state index < -0.39 is 0 Å². The van der Waals surface area contributed by atoms with Crippen LogP contribution in [0.3, 0.4) is 0 Å². The molecule has 3 aromatic carbocycles. The van der Waals surface area contributed by atoms with Crippen LogP contribution in [0.25, 0.3) is 0 Å². The van der Waals surface area contributed by atoms with Crippen molar-refractivity contribution < 1.29 is 9.84 Å². The lowest BCUT2D eigenvalue weighted by Crippen LogP contribution is -2.33. The molecule has 6 heteroatoms. The molecule has 2 atom stereocenters. The Morgan fingerprint density at radius 1 is 0.966 bits per heavy atom. The summed E-state index contributed by atoms with van der Waals surface area (Å²) < 4.78 is 5.29. The third-order valence-corrected chi connectivity index (χ3v) is 5.53. The highest BCUT2D eigenvalue weighted by atomic mass is 35.5. The summed E-state index contributed by atoms with van der Waals surface area (Å²) in [5.41, 5.74) is 3.70. The first-order valence-electron chi connectivity index (χ1n) is 9.25. The van der Waals surface area contributed by atoms with Crippen LogP contribution in [0.2, 0.25) is 10.0 Å². The number of nitrogens with one attached hydrogen (secondary N) is 1. The molecular weight excluding hydrogens is 407 g/mol. The van der Waals surface area contributed by atoms with Gasteiger partial charge in [-0.15, -0.1) is 0 Å². The molecule has 0 amide bonds. The smallest absolute Gasteiger partial charge is 0.162 e. The highest BCUT2D eigenvalue weighted by Gasteiger charge is 2.28. The van der Waals surface area contributed by atoms with E-state index in [2.05, 4.69) is 5.32 Å². The summed E-state index contributed by atoms with van der Waals surface area (Å²) >= 11 is 12.1. The fourth-order valence-corrected chi connectivity index (χ4v) is 3.78. The molecule has 0 bridgehead atoms. The van der Waals surface area contributed by atoms with E-state index in [9.17, 15) is 5.11 Å². The Morgan fingerprint density at radius 3 is 2.28 bits per heavy atom. The van der Waals surface area contributed by atoms with Crippen molar-refractivity contribution in [3.05, 3.63) is 93.5 Å². The minimum atomic E-state index is -0.276. The first kappa shape index (κ1) is 19.8. The molecule has 0 saturated carbocycles. The van der Waals surface area contributed by atoms with E-state index in [1.54, 1.807) is 13.2 Å². The van der Waals surface area contributed by atoms with Gasteiger partial charge in [0.25, 0.3) is 0 Å². The van der Waals surface area contributed by atoms with Gasteiger partial charge in [0.2, 0.25) is 0 Å². The van der Waals surface area contributed by atoms with Crippen LogP contribution in [0.4, 0.5) is 0 Å². The van der Waals surface area contributed by atoms with Crippen LogP contribution < -0.4 is 10.1 Å². The molecule has 0 aromatic heterocycles. The number of phenolic OH excluding ortho intramolecular Hbond substituents is 1. The maximum Gasteiger partial charge on any atom is 0.162 e. The zero-order valence-electron chi connectivity index (χ0n) is 15.8. The van der Waals surface area contributed by atoms with Gasteiger partial charge >= 0.3 is 0 Å². The van der Waals surface area contributed by atoms with Crippen molar-refractivity contribution in [2.45, 2.75) is 18.6 Å². The summed E-state index contributed by atoms with van der Waals surface area (Å²) in [6.45, 7) is 0. The number of rotatable bonds is 4. The Hall–Kier alpha value is -2.53. The van der Waals surface area contributed by atoms with E-state index in [-0.39, 0.29) is 18.0 Å². The number of aromatic hydroxyl groups is 1. The van der Waals surface area contributed by atoms with Crippen molar-refractivity contribution in [1.82, 2.24) is 5.32 Å². The van der Waals surface area contributed by atoms with E-state index >= 15 is 0 Å². The summed E-state index contributed by atoms with van der Waals surface area (Å²) in [5, 5.41) is 15.6. The Bertz CT molecular complexity index is 1030. The van der Waals surface area contributed by atoms with Crippen LogP contribution in [-0.4, -0.2) is 17.9 Å². The topological polar surface area (TPSA) is 53.8 Å². The van der Waals surface area contributed by atoms with Crippen LogP contribution >= 0.6 is 23.2 Å². The molecule has 4 nitrogen and oxygen atoms in total. The molecule has 0 radical (unpaired) electrons. The number of hydrogen-bond acceptors (Lipinski definition) is 4. The van der Waals surface area contributed by atoms with Crippen LogP contribution in [0, 0.1) is 0 Å². The van der Waals surface area contributed by atoms with Crippen LogP contribution in [0.15, 0.2) is 71.7 Å². The van der Waals surface area contributed by atoms with Crippen molar-refractivity contribution in [1.29, 1.82) is 0 Å². The van der Waals surface area contributed by atoms with Gasteiger partial charge in [-0.05, 0) is 41.5 Å². The molecule has 1 heterocycles. The predicted molar refractivity (Wildman–Crippen MR) is 117 cm³/mol. The number of halogens is 2. The van der Waals surface area contributed by atoms with Gasteiger partial charge in [0, 0.05) is 33.8 Å². The summed E-state index contributed by atoms with van der Waals surface area (Å²) in [5.74, 6) is 0.586. The zero-order valence-corrected chi connectivity index (χ0v) is 17.3. The Labute approximate surface area is 179 Å². The summed E-state index contributed by atoms with van der Waals surface area (Å²) in [4.78, 5) is 4.94. The molecule has 2 unspecified atom stereocenters. The number of aliphatic imine (C=N–C) groups is 1. The minimum absolute atomic E-state index is 0.139. The van der Waals surface area contributed by atoms with Crippen molar-refractivity contribution in [2.75, 3.05) is 7.11 Å². The van der Waals surface area contributed by atoms with Gasteiger partial charge in [0.15, 0.2) is 11.5 Å². The second-order valence-electron chi connectivity index (χ2n) is 6.86. The zero-order chi connectivity index (χ0) is 20.4. The van der Waals surface area contributed by atoms with Gasteiger partial charge in [0.1, 0.15) is 6.17 Å². The van der Waals surface area contributed by atoms with Gasteiger partial charge in [-0.1, -0.05) is 59.6 Å². The van der Waals surface area contributed by atoms with Crippen molar-refractivity contribution in [3.8, 4) is 11.5 Å². The van der Waals surface area contributed by atoms with E-state index in [0.29, 0.717) is 22.2 Å². The fraction of sp³-hybridized carbons (Fsp3) is 0.174. The average molecular weight is 427 g/mol. The van der Waals surface area contributed by atoms with Gasteiger partial charge < -0.3 is 9.84 Å². The van der Waals surface area contributed by atoms with Crippen LogP contribution in [0.5, 0.6) is 11.5 Å². The van der Waals surface area contributed by atoms with E-state index in [4.69, 9.17) is 32.9 Å². The fourth-order valence-electron chi connectivity index (χ4n) is 3.52. The lowest BCUT2D eigenvalue weighted by molar-refractivity contribution is 0.360. The number of nitrogens with zero attached hydrogens (tertiary/aromatic N) is 1. The molecule has 29 heavy (non-hydrogen) atoms. The second-order valence-corrected chi connectivity index (χ2v) is 7.73. The third-order valence-electron chi connectivity index (χ3n) is 5.03. The largest absolute Gasteiger partial charge is 0.504 e. The van der Waals surface area contributed by atoms with Gasteiger partial charge in [-0.2, -0.15) is 0 Å².